The molecule has 19 heavy (non-hydrogen) atoms. The lowest BCUT2D eigenvalue weighted by Gasteiger charge is -2.49. The molecular formula is C15H19NO3. The van der Waals surface area contributed by atoms with Gasteiger partial charge in [0, 0.05) is 17.9 Å². The second-order valence-corrected chi connectivity index (χ2v) is 6.05. The predicted molar refractivity (Wildman–Crippen MR) is 70.9 cm³/mol. The van der Waals surface area contributed by atoms with Gasteiger partial charge < -0.3 is 15.2 Å². The second-order valence-electron chi connectivity index (χ2n) is 6.05. The maximum atomic E-state index is 12.2. The highest BCUT2D eigenvalue weighted by Crippen LogP contribution is 2.40. The molecule has 0 radical (unpaired) electrons. The maximum absolute atomic E-state index is 12.2. The zero-order valence-corrected chi connectivity index (χ0v) is 11.2. The van der Waals surface area contributed by atoms with Crippen LogP contribution in [0.2, 0.25) is 0 Å². The van der Waals surface area contributed by atoms with E-state index < -0.39 is 6.10 Å². The number of carbonyl (C=O) groups is 1. The molecule has 4 nitrogen and oxygen atoms in total. The van der Waals surface area contributed by atoms with Crippen LogP contribution >= 0.6 is 0 Å². The van der Waals surface area contributed by atoms with Crippen LogP contribution in [0.3, 0.4) is 0 Å². The molecule has 1 amide bonds. The van der Waals surface area contributed by atoms with Crippen molar-refractivity contribution in [1.29, 1.82) is 0 Å². The third-order valence-corrected chi connectivity index (χ3v) is 4.47. The normalized spacial score (nSPS) is 31.0. The highest BCUT2D eigenvalue weighted by Gasteiger charge is 2.48. The summed E-state index contributed by atoms with van der Waals surface area (Å²) in [6.45, 7) is 3.94. The Balaban J connectivity index is 1.62. The molecule has 1 fully saturated rings. The fourth-order valence-electron chi connectivity index (χ4n) is 2.74. The molecule has 0 bridgehead atoms. The van der Waals surface area contributed by atoms with E-state index in [0.29, 0.717) is 12.8 Å². The van der Waals surface area contributed by atoms with E-state index in [9.17, 15) is 9.90 Å². The van der Waals surface area contributed by atoms with Crippen molar-refractivity contribution in [2.75, 3.05) is 0 Å². The molecule has 1 aliphatic heterocycles. The van der Waals surface area contributed by atoms with E-state index in [1.165, 1.54) is 0 Å². The molecule has 102 valence electrons. The Morgan fingerprint density at radius 1 is 1.42 bits per heavy atom. The van der Waals surface area contributed by atoms with E-state index in [4.69, 9.17) is 4.74 Å². The van der Waals surface area contributed by atoms with Gasteiger partial charge in [0.25, 0.3) is 5.91 Å². The zero-order chi connectivity index (χ0) is 13.6. The quantitative estimate of drug-likeness (QED) is 0.842. The largest absolute Gasteiger partial charge is 0.480 e. The van der Waals surface area contributed by atoms with Gasteiger partial charge in [-0.3, -0.25) is 4.79 Å². The smallest absolute Gasteiger partial charge is 0.261 e. The molecule has 1 heterocycles. The van der Waals surface area contributed by atoms with Crippen LogP contribution in [0.4, 0.5) is 0 Å². The van der Waals surface area contributed by atoms with Crippen molar-refractivity contribution >= 4 is 5.91 Å². The molecular weight excluding hydrogens is 242 g/mol. The number of amides is 1. The van der Waals surface area contributed by atoms with Crippen LogP contribution in [-0.2, 0) is 11.2 Å². The minimum Gasteiger partial charge on any atom is -0.480 e. The molecule has 3 atom stereocenters. The summed E-state index contributed by atoms with van der Waals surface area (Å²) in [6.07, 6.45) is 0.473. The van der Waals surface area contributed by atoms with Gasteiger partial charge in [-0.1, -0.05) is 32.0 Å². The Bertz CT molecular complexity index is 487. The Morgan fingerprint density at radius 2 is 2.16 bits per heavy atom. The van der Waals surface area contributed by atoms with E-state index >= 15 is 0 Å². The minimum atomic E-state index is -0.439. The summed E-state index contributed by atoms with van der Waals surface area (Å²) in [5.74, 6) is 0.719. The van der Waals surface area contributed by atoms with Gasteiger partial charge in [0.2, 0.25) is 0 Å². The second kappa shape index (κ2) is 4.23. The molecule has 2 aliphatic rings. The first-order valence-corrected chi connectivity index (χ1v) is 6.71. The van der Waals surface area contributed by atoms with Crippen molar-refractivity contribution in [3.63, 3.8) is 0 Å². The van der Waals surface area contributed by atoms with E-state index in [-0.39, 0.29) is 23.5 Å². The van der Waals surface area contributed by atoms with Crippen molar-refractivity contribution < 1.29 is 14.6 Å². The first-order chi connectivity index (χ1) is 8.98. The molecule has 0 spiro atoms. The average molecular weight is 261 g/mol. The molecule has 3 rings (SSSR count). The van der Waals surface area contributed by atoms with E-state index in [2.05, 4.69) is 5.32 Å². The maximum Gasteiger partial charge on any atom is 0.261 e. The fraction of sp³-hybridized carbons (Fsp3) is 0.533. The molecule has 2 N–H and O–H groups in total. The third kappa shape index (κ3) is 2.00. The van der Waals surface area contributed by atoms with Gasteiger partial charge in [0.05, 0.1) is 6.10 Å². The summed E-state index contributed by atoms with van der Waals surface area (Å²) in [5, 5.41) is 12.7. The summed E-state index contributed by atoms with van der Waals surface area (Å²) in [6, 6.07) is 7.76. The van der Waals surface area contributed by atoms with Crippen LogP contribution in [-0.4, -0.2) is 29.3 Å². The molecule has 1 aromatic carbocycles. The first-order valence-electron chi connectivity index (χ1n) is 6.71. The van der Waals surface area contributed by atoms with E-state index in [1.54, 1.807) is 0 Å². The predicted octanol–water partition coefficient (Wildman–Crippen LogP) is 1.27. The molecule has 1 saturated carbocycles. The molecule has 0 aromatic heterocycles. The Labute approximate surface area is 112 Å². The number of hydrogen-bond acceptors (Lipinski definition) is 3. The van der Waals surface area contributed by atoms with Crippen molar-refractivity contribution in [1.82, 2.24) is 5.32 Å². The lowest BCUT2D eigenvalue weighted by molar-refractivity contribution is -0.135. The first kappa shape index (κ1) is 12.5. The summed E-state index contributed by atoms with van der Waals surface area (Å²) in [7, 11) is 0. The highest BCUT2D eigenvalue weighted by atomic mass is 16.5. The lowest BCUT2D eigenvalue weighted by Crippen LogP contribution is -2.62. The minimum absolute atomic E-state index is 0.0299. The number of aliphatic hydroxyl groups excluding tert-OH is 1. The van der Waals surface area contributed by atoms with Crippen LogP contribution in [0, 0.1) is 5.41 Å². The van der Waals surface area contributed by atoms with Gasteiger partial charge in [-0.15, -0.1) is 0 Å². The van der Waals surface area contributed by atoms with Gasteiger partial charge in [-0.25, -0.2) is 0 Å². The van der Waals surface area contributed by atoms with Gasteiger partial charge in [0.15, 0.2) is 6.10 Å². The number of fused-ring (bicyclic) bond motifs is 1. The molecule has 3 unspecified atom stereocenters. The van der Waals surface area contributed by atoms with Gasteiger partial charge in [-0.05, 0) is 18.1 Å². The highest BCUT2D eigenvalue weighted by molar-refractivity contribution is 5.83. The zero-order valence-electron chi connectivity index (χ0n) is 11.2. The Morgan fingerprint density at radius 3 is 2.79 bits per heavy atom. The number of benzene rings is 1. The molecule has 0 saturated heterocycles. The number of aliphatic hydroxyl groups is 1. The number of ether oxygens (including phenoxy) is 1. The van der Waals surface area contributed by atoms with E-state index in [1.807, 2.05) is 38.1 Å². The molecule has 1 aliphatic carbocycles. The van der Waals surface area contributed by atoms with Gasteiger partial charge in [-0.2, -0.15) is 0 Å². The fourth-order valence-corrected chi connectivity index (χ4v) is 2.74. The Kier molecular flexibility index (Phi) is 2.78. The lowest BCUT2D eigenvalue weighted by atomic mass is 9.64. The van der Waals surface area contributed by atoms with Crippen molar-refractivity contribution in [2.24, 2.45) is 5.41 Å². The number of para-hydroxylation sites is 1. The van der Waals surface area contributed by atoms with Crippen LogP contribution in [0.15, 0.2) is 24.3 Å². The van der Waals surface area contributed by atoms with Crippen molar-refractivity contribution in [3.05, 3.63) is 29.8 Å². The topological polar surface area (TPSA) is 58.6 Å². The number of nitrogens with one attached hydrogen (secondary N) is 1. The number of rotatable bonds is 2. The molecule has 1 aromatic rings. The van der Waals surface area contributed by atoms with Crippen molar-refractivity contribution in [3.8, 4) is 5.75 Å². The third-order valence-electron chi connectivity index (χ3n) is 4.47. The molecule has 4 heteroatoms. The van der Waals surface area contributed by atoms with E-state index in [0.717, 1.165) is 11.3 Å². The van der Waals surface area contributed by atoms with Crippen LogP contribution in [0.1, 0.15) is 25.8 Å². The summed E-state index contributed by atoms with van der Waals surface area (Å²) >= 11 is 0. The standard InChI is InChI=1S/C15H19NO3/c1-15(2)12(8-13(15)17)16-14(18)11-7-9-5-3-4-6-10(9)19-11/h3-6,11-13,17H,7-8H2,1-2H3,(H,16,18). The van der Waals surface area contributed by atoms with Gasteiger partial charge in [0.1, 0.15) is 5.75 Å². The van der Waals surface area contributed by atoms with Crippen LogP contribution < -0.4 is 10.1 Å². The SMILES string of the molecule is CC1(C)C(O)CC1NC(=O)C1Cc2ccccc2O1. The van der Waals surface area contributed by atoms with Crippen LogP contribution in [0.5, 0.6) is 5.75 Å². The Hall–Kier alpha value is -1.55. The summed E-state index contributed by atoms with van der Waals surface area (Å²) in [4.78, 5) is 12.2. The summed E-state index contributed by atoms with van der Waals surface area (Å²) in [5.41, 5.74) is 0.830. The van der Waals surface area contributed by atoms with Gasteiger partial charge >= 0.3 is 0 Å². The number of carbonyl (C=O) groups excluding carboxylic acids is 1. The van der Waals surface area contributed by atoms with Crippen molar-refractivity contribution in [2.45, 2.75) is 44.9 Å². The average Bonchev–Trinajstić information content (AvgIpc) is 2.82. The summed E-state index contributed by atoms with van der Waals surface area (Å²) < 4.78 is 5.66. The number of hydrogen-bond donors (Lipinski definition) is 2. The monoisotopic (exact) mass is 261 g/mol. The van der Waals surface area contributed by atoms with Crippen LogP contribution in [0.25, 0.3) is 0 Å².